The van der Waals surface area contributed by atoms with Gasteiger partial charge >= 0.3 is 0 Å². The molecule has 0 aliphatic carbocycles. The maximum atomic E-state index is 12.2. The van der Waals surface area contributed by atoms with Crippen molar-refractivity contribution in [2.45, 2.75) is 13.0 Å². The molecule has 28 heavy (non-hydrogen) atoms. The van der Waals surface area contributed by atoms with E-state index in [0.717, 1.165) is 29.8 Å². The van der Waals surface area contributed by atoms with Gasteiger partial charge in [0, 0.05) is 23.7 Å². The molecule has 2 aromatic carbocycles. The zero-order valence-corrected chi connectivity index (χ0v) is 14.7. The Morgan fingerprint density at radius 1 is 1.29 bits per heavy atom. The van der Waals surface area contributed by atoms with Gasteiger partial charge in [-0.2, -0.15) is 5.10 Å². The first-order chi connectivity index (χ1) is 13.5. The molecule has 0 spiro atoms. The molecule has 0 fully saturated rings. The summed E-state index contributed by atoms with van der Waals surface area (Å²) < 4.78 is 5.67. The fourth-order valence-electron chi connectivity index (χ4n) is 2.42. The number of carbonyl (C=O) groups is 1. The average molecular weight is 379 g/mol. The molecule has 3 aromatic rings. The minimum absolute atomic E-state index is 0.0127. The monoisotopic (exact) mass is 379 g/mol. The number of hydrogen-bond donors (Lipinski definition) is 1. The second-order valence-electron chi connectivity index (χ2n) is 5.80. The molecule has 0 bridgehead atoms. The van der Waals surface area contributed by atoms with Crippen LogP contribution in [0.3, 0.4) is 0 Å². The molecule has 0 saturated heterocycles. The quantitative estimate of drug-likeness (QED) is 0.397. The van der Waals surface area contributed by atoms with Crippen LogP contribution in [-0.2, 0) is 4.79 Å². The molecule has 1 aromatic heterocycles. The number of carbonyl (C=O) groups excluding carboxylic acids is 1. The van der Waals surface area contributed by atoms with E-state index in [0.29, 0.717) is 11.3 Å². The number of para-hydroxylation sites is 1. The number of nitro benzene ring substituents is 1. The van der Waals surface area contributed by atoms with Gasteiger partial charge in [0.05, 0.1) is 11.1 Å². The van der Waals surface area contributed by atoms with Crippen LogP contribution in [0.5, 0.6) is 11.5 Å². The van der Waals surface area contributed by atoms with Gasteiger partial charge in [0.1, 0.15) is 11.3 Å². The summed E-state index contributed by atoms with van der Waals surface area (Å²) in [5, 5.41) is 27.0. The number of nitrogens with zero attached hydrogens (tertiary/aromatic N) is 3. The fraction of sp³-hybridized carbons (Fsp3) is 0.105. The van der Waals surface area contributed by atoms with E-state index in [1.54, 1.807) is 31.3 Å². The van der Waals surface area contributed by atoms with Crippen molar-refractivity contribution in [3.8, 4) is 11.5 Å². The molecule has 9 heteroatoms. The Bertz CT molecular complexity index is 1060. The number of benzene rings is 2. The minimum Gasteiger partial charge on any atom is -0.872 e. The van der Waals surface area contributed by atoms with E-state index >= 15 is 0 Å². The third-order valence-corrected chi connectivity index (χ3v) is 3.85. The van der Waals surface area contributed by atoms with Crippen molar-refractivity contribution in [2.75, 3.05) is 0 Å². The largest absolute Gasteiger partial charge is 0.872 e. The first-order valence-electron chi connectivity index (χ1n) is 8.24. The predicted octanol–water partition coefficient (Wildman–Crippen LogP) is 2.13. The standard InChI is InChI=1S/C19H16N4O5/c1-12(28-17-6-2-4-13-5-3-9-20-18(13)17)19(25)22-21-11-14-10-15(23(26)27)7-8-16(14)24/h2-12,24H,1H3,(H,22,25)/p-1/b21-11-/t12-/m0/s1. The third kappa shape index (κ3) is 4.21. The zero-order chi connectivity index (χ0) is 20.1. The van der Waals surface area contributed by atoms with E-state index in [9.17, 15) is 20.0 Å². The SMILES string of the molecule is C[C@H](Oc1cccc2cccnc12)C(=O)N/N=C\c1cc([N+](=O)[O-])ccc1[O-]. The number of nitrogens with one attached hydrogen (secondary N) is 1. The van der Waals surface area contributed by atoms with Crippen LogP contribution in [0.1, 0.15) is 12.5 Å². The normalized spacial score (nSPS) is 12.0. The molecule has 1 atom stereocenters. The third-order valence-electron chi connectivity index (χ3n) is 3.85. The summed E-state index contributed by atoms with van der Waals surface area (Å²) in [6.45, 7) is 1.54. The predicted molar refractivity (Wildman–Crippen MR) is 100 cm³/mol. The molecule has 0 aliphatic rings. The van der Waals surface area contributed by atoms with Crippen molar-refractivity contribution in [3.63, 3.8) is 0 Å². The molecule has 1 heterocycles. The molecule has 3 rings (SSSR count). The highest BCUT2D eigenvalue weighted by molar-refractivity contribution is 5.88. The molecule has 0 radical (unpaired) electrons. The maximum Gasteiger partial charge on any atom is 0.280 e. The van der Waals surface area contributed by atoms with Gasteiger partial charge < -0.3 is 9.84 Å². The van der Waals surface area contributed by atoms with E-state index in [2.05, 4.69) is 15.5 Å². The lowest BCUT2D eigenvalue weighted by Gasteiger charge is -2.14. The summed E-state index contributed by atoms with van der Waals surface area (Å²) in [4.78, 5) is 26.6. The zero-order valence-electron chi connectivity index (χ0n) is 14.7. The number of fused-ring (bicyclic) bond motifs is 1. The number of hydrogen-bond acceptors (Lipinski definition) is 7. The number of amides is 1. The molecule has 0 unspecified atom stereocenters. The number of pyridine rings is 1. The molecule has 0 saturated carbocycles. The van der Waals surface area contributed by atoms with Crippen LogP contribution in [0.25, 0.3) is 10.9 Å². The smallest absolute Gasteiger partial charge is 0.280 e. The van der Waals surface area contributed by atoms with Crippen molar-refractivity contribution < 1.29 is 19.6 Å². The van der Waals surface area contributed by atoms with Gasteiger partial charge in [-0.3, -0.25) is 19.9 Å². The van der Waals surface area contributed by atoms with Crippen molar-refractivity contribution in [2.24, 2.45) is 5.10 Å². The molecule has 1 amide bonds. The molecule has 1 N–H and O–H groups in total. The van der Waals surface area contributed by atoms with Gasteiger partial charge in [-0.05, 0) is 24.6 Å². The van der Waals surface area contributed by atoms with Crippen LogP contribution in [-0.4, -0.2) is 28.1 Å². The van der Waals surface area contributed by atoms with Crippen LogP contribution in [0.15, 0.2) is 59.8 Å². The van der Waals surface area contributed by atoms with E-state index in [1.807, 2.05) is 12.1 Å². The number of ether oxygens (including phenoxy) is 1. The second kappa shape index (κ2) is 8.12. The molecule has 0 aliphatic heterocycles. The van der Waals surface area contributed by atoms with Crippen molar-refractivity contribution in [3.05, 3.63) is 70.4 Å². The lowest BCUT2D eigenvalue weighted by molar-refractivity contribution is -0.385. The van der Waals surface area contributed by atoms with E-state index in [-0.39, 0.29) is 11.3 Å². The van der Waals surface area contributed by atoms with E-state index in [1.165, 1.54) is 0 Å². The highest BCUT2D eigenvalue weighted by Crippen LogP contribution is 2.24. The van der Waals surface area contributed by atoms with E-state index < -0.39 is 22.7 Å². The first kappa shape index (κ1) is 18.8. The lowest BCUT2D eigenvalue weighted by atomic mass is 10.2. The number of nitro groups is 1. The lowest BCUT2D eigenvalue weighted by Crippen LogP contribution is -2.33. The van der Waals surface area contributed by atoms with Crippen LogP contribution in [0.2, 0.25) is 0 Å². The van der Waals surface area contributed by atoms with Gasteiger partial charge in [0.2, 0.25) is 0 Å². The number of hydrazone groups is 1. The summed E-state index contributed by atoms with van der Waals surface area (Å²) in [7, 11) is 0. The van der Waals surface area contributed by atoms with Gasteiger partial charge in [0.25, 0.3) is 11.6 Å². The van der Waals surface area contributed by atoms with Crippen molar-refractivity contribution in [1.82, 2.24) is 10.4 Å². The Kier molecular flexibility index (Phi) is 5.45. The van der Waals surface area contributed by atoms with Crippen molar-refractivity contribution in [1.29, 1.82) is 0 Å². The van der Waals surface area contributed by atoms with Gasteiger partial charge in [-0.15, -0.1) is 0 Å². The van der Waals surface area contributed by atoms with E-state index in [4.69, 9.17) is 4.74 Å². The summed E-state index contributed by atoms with van der Waals surface area (Å²) in [5.74, 6) is -0.554. The summed E-state index contributed by atoms with van der Waals surface area (Å²) in [6, 6.07) is 12.3. The summed E-state index contributed by atoms with van der Waals surface area (Å²) in [6.07, 6.45) is 1.80. The summed E-state index contributed by atoms with van der Waals surface area (Å²) in [5.41, 5.74) is 2.62. The second-order valence-corrected chi connectivity index (χ2v) is 5.80. The fourth-order valence-corrected chi connectivity index (χ4v) is 2.42. The van der Waals surface area contributed by atoms with Crippen LogP contribution in [0.4, 0.5) is 5.69 Å². The molecule has 9 nitrogen and oxygen atoms in total. The Hall–Kier alpha value is -4.01. The Morgan fingerprint density at radius 2 is 2.07 bits per heavy atom. The highest BCUT2D eigenvalue weighted by atomic mass is 16.6. The van der Waals surface area contributed by atoms with Crippen LogP contribution >= 0.6 is 0 Å². The van der Waals surface area contributed by atoms with Gasteiger partial charge in [0.15, 0.2) is 6.10 Å². The highest BCUT2D eigenvalue weighted by Gasteiger charge is 2.15. The Labute approximate surface area is 159 Å². The summed E-state index contributed by atoms with van der Waals surface area (Å²) >= 11 is 0. The van der Waals surface area contributed by atoms with Crippen LogP contribution in [0, 0.1) is 10.1 Å². The van der Waals surface area contributed by atoms with Crippen molar-refractivity contribution >= 4 is 28.7 Å². The number of rotatable bonds is 6. The van der Waals surface area contributed by atoms with Crippen LogP contribution < -0.4 is 15.3 Å². The molecular weight excluding hydrogens is 364 g/mol. The number of aromatic nitrogens is 1. The number of non-ortho nitro benzene ring substituents is 1. The minimum atomic E-state index is -0.887. The van der Waals surface area contributed by atoms with Gasteiger partial charge in [-0.1, -0.05) is 30.0 Å². The van der Waals surface area contributed by atoms with Gasteiger partial charge in [-0.25, -0.2) is 5.43 Å². The average Bonchev–Trinajstić information content (AvgIpc) is 2.69. The Morgan fingerprint density at radius 3 is 2.86 bits per heavy atom. The first-order valence-corrected chi connectivity index (χ1v) is 8.24. The Balaban J connectivity index is 1.67. The topological polar surface area (TPSA) is 130 Å². The molecule has 142 valence electrons. The molecular formula is C19H15N4O5-. The maximum absolute atomic E-state index is 12.2.